The standard InChI is InChI=1S/C12H22N2O2/c1-12(2,15-3)6-7-16-9-11(8-13)14-10-4-5-10/h10-11,14H,4-7,9H2,1-3H3. The van der Waals surface area contributed by atoms with Gasteiger partial charge in [0.2, 0.25) is 0 Å². The van der Waals surface area contributed by atoms with Crippen molar-refractivity contribution in [3.63, 3.8) is 0 Å². The summed E-state index contributed by atoms with van der Waals surface area (Å²) in [5.74, 6) is 0. The third-order valence-electron chi connectivity index (χ3n) is 2.86. The number of hydrogen-bond donors (Lipinski definition) is 1. The Kier molecular flexibility index (Phi) is 5.20. The van der Waals surface area contributed by atoms with Gasteiger partial charge in [0.25, 0.3) is 0 Å². The van der Waals surface area contributed by atoms with Crippen LogP contribution in [-0.4, -0.2) is 38.0 Å². The smallest absolute Gasteiger partial charge is 0.119 e. The molecule has 0 aromatic rings. The fraction of sp³-hybridized carbons (Fsp3) is 0.917. The lowest BCUT2D eigenvalue weighted by atomic mass is 10.1. The highest BCUT2D eigenvalue weighted by molar-refractivity contribution is 4.95. The van der Waals surface area contributed by atoms with E-state index >= 15 is 0 Å². The first-order chi connectivity index (χ1) is 7.57. The molecule has 0 aliphatic heterocycles. The van der Waals surface area contributed by atoms with Crippen molar-refractivity contribution in [1.82, 2.24) is 5.32 Å². The molecule has 1 saturated carbocycles. The second kappa shape index (κ2) is 6.19. The maximum Gasteiger partial charge on any atom is 0.119 e. The van der Waals surface area contributed by atoms with Crippen LogP contribution in [0.3, 0.4) is 0 Å². The van der Waals surface area contributed by atoms with Gasteiger partial charge in [-0.15, -0.1) is 0 Å². The van der Waals surface area contributed by atoms with Gasteiger partial charge < -0.3 is 9.47 Å². The third kappa shape index (κ3) is 5.45. The molecule has 0 amide bonds. The van der Waals surface area contributed by atoms with Crippen LogP contribution in [0.1, 0.15) is 33.1 Å². The Morgan fingerprint density at radius 3 is 2.69 bits per heavy atom. The van der Waals surface area contributed by atoms with Gasteiger partial charge in [-0.2, -0.15) is 5.26 Å². The maximum absolute atomic E-state index is 8.89. The molecule has 92 valence electrons. The van der Waals surface area contributed by atoms with Crippen molar-refractivity contribution in [3.05, 3.63) is 0 Å². The molecule has 0 heterocycles. The van der Waals surface area contributed by atoms with Crippen LogP contribution in [0.25, 0.3) is 0 Å². The summed E-state index contributed by atoms with van der Waals surface area (Å²) in [5.41, 5.74) is -0.147. The van der Waals surface area contributed by atoms with Gasteiger partial charge in [-0.25, -0.2) is 0 Å². The van der Waals surface area contributed by atoms with E-state index in [0.717, 1.165) is 6.42 Å². The lowest BCUT2D eigenvalue weighted by Gasteiger charge is -2.22. The molecule has 1 unspecified atom stereocenters. The minimum absolute atomic E-state index is 0.147. The van der Waals surface area contributed by atoms with Crippen LogP contribution in [0, 0.1) is 11.3 Å². The summed E-state index contributed by atoms with van der Waals surface area (Å²) < 4.78 is 10.8. The number of methoxy groups -OCH3 is 1. The zero-order valence-corrected chi connectivity index (χ0v) is 10.5. The van der Waals surface area contributed by atoms with Crippen LogP contribution in [0.4, 0.5) is 0 Å². The number of nitrogens with zero attached hydrogens (tertiary/aromatic N) is 1. The maximum atomic E-state index is 8.89. The predicted octanol–water partition coefficient (Wildman–Crippen LogP) is 1.46. The monoisotopic (exact) mass is 226 g/mol. The van der Waals surface area contributed by atoms with Crippen LogP contribution < -0.4 is 5.32 Å². The number of ether oxygens (including phenoxy) is 2. The number of nitrogens with one attached hydrogen (secondary N) is 1. The van der Waals surface area contributed by atoms with Gasteiger partial charge in [0.1, 0.15) is 6.04 Å². The minimum Gasteiger partial charge on any atom is -0.379 e. The molecular weight excluding hydrogens is 204 g/mol. The van der Waals surface area contributed by atoms with E-state index in [0.29, 0.717) is 19.3 Å². The zero-order chi connectivity index (χ0) is 12.0. The van der Waals surface area contributed by atoms with E-state index in [4.69, 9.17) is 14.7 Å². The topological polar surface area (TPSA) is 54.3 Å². The largest absolute Gasteiger partial charge is 0.379 e. The van der Waals surface area contributed by atoms with E-state index in [-0.39, 0.29) is 11.6 Å². The first-order valence-corrected chi connectivity index (χ1v) is 5.86. The fourth-order valence-electron chi connectivity index (χ4n) is 1.28. The first kappa shape index (κ1) is 13.4. The van der Waals surface area contributed by atoms with Gasteiger partial charge in [0.15, 0.2) is 0 Å². The molecule has 0 aromatic carbocycles. The number of hydrogen-bond acceptors (Lipinski definition) is 4. The van der Waals surface area contributed by atoms with E-state index in [9.17, 15) is 0 Å². The zero-order valence-electron chi connectivity index (χ0n) is 10.5. The Bertz CT molecular complexity index is 244. The van der Waals surface area contributed by atoms with E-state index in [2.05, 4.69) is 11.4 Å². The average Bonchev–Trinajstić information content (AvgIpc) is 3.06. The summed E-state index contributed by atoms with van der Waals surface area (Å²) in [4.78, 5) is 0. The Labute approximate surface area is 97.9 Å². The minimum atomic E-state index is -0.168. The Balaban J connectivity index is 2.06. The molecule has 0 bridgehead atoms. The van der Waals surface area contributed by atoms with Gasteiger partial charge in [0.05, 0.1) is 18.3 Å². The van der Waals surface area contributed by atoms with Gasteiger partial charge in [-0.1, -0.05) is 0 Å². The van der Waals surface area contributed by atoms with E-state index in [1.165, 1.54) is 12.8 Å². The van der Waals surface area contributed by atoms with Crippen molar-refractivity contribution in [2.75, 3.05) is 20.3 Å². The van der Waals surface area contributed by atoms with Crippen LogP contribution >= 0.6 is 0 Å². The molecule has 1 N–H and O–H groups in total. The molecule has 1 aliphatic carbocycles. The molecule has 16 heavy (non-hydrogen) atoms. The van der Waals surface area contributed by atoms with Gasteiger partial charge >= 0.3 is 0 Å². The van der Waals surface area contributed by atoms with Crippen LogP contribution in [0.2, 0.25) is 0 Å². The molecule has 4 nitrogen and oxygen atoms in total. The van der Waals surface area contributed by atoms with Crippen molar-refractivity contribution in [3.8, 4) is 6.07 Å². The quantitative estimate of drug-likeness (QED) is 0.637. The molecular formula is C12H22N2O2. The van der Waals surface area contributed by atoms with Crippen molar-refractivity contribution >= 4 is 0 Å². The Morgan fingerprint density at radius 1 is 1.50 bits per heavy atom. The van der Waals surface area contributed by atoms with Gasteiger partial charge in [-0.3, -0.25) is 5.32 Å². The number of rotatable bonds is 8. The summed E-state index contributed by atoms with van der Waals surface area (Å²) in [7, 11) is 1.70. The molecule has 0 saturated heterocycles. The van der Waals surface area contributed by atoms with Crippen LogP contribution in [-0.2, 0) is 9.47 Å². The first-order valence-electron chi connectivity index (χ1n) is 5.86. The molecule has 1 aliphatic rings. The van der Waals surface area contributed by atoms with E-state index in [1.54, 1.807) is 7.11 Å². The summed E-state index contributed by atoms with van der Waals surface area (Å²) in [6, 6.07) is 2.59. The normalized spacial score (nSPS) is 18.1. The molecule has 4 heteroatoms. The van der Waals surface area contributed by atoms with E-state index in [1.807, 2.05) is 13.8 Å². The van der Waals surface area contributed by atoms with Crippen LogP contribution in [0.15, 0.2) is 0 Å². The summed E-state index contributed by atoms with van der Waals surface area (Å²) >= 11 is 0. The Hall–Kier alpha value is -0.630. The average molecular weight is 226 g/mol. The highest BCUT2D eigenvalue weighted by atomic mass is 16.5. The molecule has 0 aromatic heterocycles. The molecule has 1 atom stereocenters. The van der Waals surface area contributed by atoms with Crippen molar-refractivity contribution in [2.45, 2.75) is 50.8 Å². The highest BCUT2D eigenvalue weighted by Crippen LogP contribution is 2.19. The predicted molar refractivity (Wildman–Crippen MR) is 62.1 cm³/mol. The lowest BCUT2D eigenvalue weighted by Crippen LogP contribution is -2.34. The van der Waals surface area contributed by atoms with Crippen molar-refractivity contribution < 1.29 is 9.47 Å². The van der Waals surface area contributed by atoms with Crippen molar-refractivity contribution in [2.24, 2.45) is 0 Å². The lowest BCUT2D eigenvalue weighted by molar-refractivity contribution is -0.0109. The van der Waals surface area contributed by atoms with Crippen molar-refractivity contribution in [1.29, 1.82) is 5.26 Å². The highest BCUT2D eigenvalue weighted by Gasteiger charge is 2.24. The van der Waals surface area contributed by atoms with Gasteiger partial charge in [0, 0.05) is 19.8 Å². The Morgan fingerprint density at radius 2 is 2.19 bits per heavy atom. The summed E-state index contributed by atoms with van der Waals surface area (Å²) in [6.45, 7) is 5.15. The van der Waals surface area contributed by atoms with E-state index < -0.39 is 0 Å². The second-order valence-electron chi connectivity index (χ2n) is 4.91. The molecule has 0 radical (unpaired) electrons. The molecule has 0 spiro atoms. The molecule has 1 fully saturated rings. The fourth-order valence-corrected chi connectivity index (χ4v) is 1.28. The third-order valence-corrected chi connectivity index (χ3v) is 2.86. The summed E-state index contributed by atoms with van der Waals surface area (Å²) in [6.07, 6.45) is 3.22. The summed E-state index contributed by atoms with van der Waals surface area (Å²) in [5, 5.41) is 12.1. The SMILES string of the molecule is COC(C)(C)CCOCC(C#N)NC1CC1. The molecule has 1 rings (SSSR count). The van der Waals surface area contributed by atoms with Crippen LogP contribution in [0.5, 0.6) is 0 Å². The number of nitriles is 1. The second-order valence-corrected chi connectivity index (χ2v) is 4.91. The van der Waals surface area contributed by atoms with Gasteiger partial charge in [-0.05, 0) is 33.1 Å².